The van der Waals surface area contributed by atoms with Gasteiger partial charge in [-0.25, -0.2) is 0 Å². The summed E-state index contributed by atoms with van der Waals surface area (Å²) in [5, 5.41) is 12.1. The Kier molecular flexibility index (Phi) is 8.70. The topological polar surface area (TPSA) is 86.1 Å². The van der Waals surface area contributed by atoms with E-state index in [0.29, 0.717) is 35.7 Å². The number of ether oxygens (including phenoxy) is 1. The van der Waals surface area contributed by atoms with Gasteiger partial charge in [0.15, 0.2) is 5.16 Å². The molecule has 3 aromatic rings. The summed E-state index contributed by atoms with van der Waals surface area (Å²) in [6.07, 6.45) is 0.0152. The summed E-state index contributed by atoms with van der Waals surface area (Å²) in [5.41, 5.74) is 1.89. The van der Waals surface area contributed by atoms with E-state index >= 15 is 0 Å². The molecule has 1 aromatic heterocycles. The van der Waals surface area contributed by atoms with E-state index < -0.39 is 5.25 Å². The normalized spacial score (nSPS) is 11.7. The van der Waals surface area contributed by atoms with Crippen molar-refractivity contribution in [3.63, 3.8) is 0 Å². The third kappa shape index (κ3) is 6.58. The lowest BCUT2D eigenvalue weighted by Crippen LogP contribution is -2.30. The summed E-state index contributed by atoms with van der Waals surface area (Å²) in [6.45, 7) is 4.69. The van der Waals surface area contributed by atoms with Gasteiger partial charge in [-0.15, -0.1) is 10.2 Å². The molecule has 0 unspecified atom stereocenters. The molecule has 0 spiro atoms. The van der Waals surface area contributed by atoms with Crippen molar-refractivity contribution in [2.45, 2.75) is 43.8 Å². The summed E-state index contributed by atoms with van der Waals surface area (Å²) in [4.78, 5) is 24.7. The van der Waals surface area contributed by atoms with E-state index in [1.54, 1.807) is 19.9 Å². The maximum atomic E-state index is 12.7. The number of rotatable bonds is 10. The predicted molar refractivity (Wildman–Crippen MR) is 125 cm³/mol. The Morgan fingerprint density at radius 3 is 2.56 bits per heavy atom. The van der Waals surface area contributed by atoms with Crippen molar-refractivity contribution in [1.82, 2.24) is 20.1 Å². The highest BCUT2D eigenvalue weighted by Crippen LogP contribution is 2.24. The zero-order chi connectivity index (χ0) is 22.9. The van der Waals surface area contributed by atoms with Crippen LogP contribution in [0.5, 0.6) is 0 Å². The Bertz CT molecular complexity index is 1060. The van der Waals surface area contributed by atoms with Crippen LogP contribution in [-0.2, 0) is 33.8 Å². The van der Waals surface area contributed by atoms with Gasteiger partial charge in [0.2, 0.25) is 5.91 Å². The van der Waals surface area contributed by atoms with Crippen LogP contribution in [0.3, 0.4) is 0 Å². The summed E-state index contributed by atoms with van der Waals surface area (Å²) in [5.74, 6) is -0.00843. The molecule has 3 rings (SSSR count). The van der Waals surface area contributed by atoms with Crippen LogP contribution in [-0.4, -0.2) is 38.5 Å². The Morgan fingerprint density at radius 1 is 1.12 bits per heavy atom. The van der Waals surface area contributed by atoms with Crippen molar-refractivity contribution in [3.05, 3.63) is 76.6 Å². The highest BCUT2D eigenvalue weighted by molar-refractivity contribution is 8.00. The first-order valence-electron chi connectivity index (χ1n) is 10.3. The highest BCUT2D eigenvalue weighted by Gasteiger charge is 2.22. The second-order valence-electron chi connectivity index (χ2n) is 7.02. The molecule has 0 aliphatic rings. The Balaban J connectivity index is 1.72. The fraction of sp³-hybridized carbons (Fsp3) is 0.304. The first kappa shape index (κ1) is 23.8. The molecule has 0 saturated carbocycles. The molecule has 1 heterocycles. The summed E-state index contributed by atoms with van der Waals surface area (Å²) >= 11 is 7.46. The Morgan fingerprint density at radius 2 is 1.84 bits per heavy atom. The maximum absolute atomic E-state index is 12.7. The van der Waals surface area contributed by atoms with Gasteiger partial charge in [-0.1, -0.05) is 71.9 Å². The molecule has 9 heteroatoms. The largest absolute Gasteiger partial charge is 0.466 e. The molecule has 0 saturated heterocycles. The Hall–Kier alpha value is -2.84. The van der Waals surface area contributed by atoms with E-state index in [1.165, 1.54) is 11.8 Å². The van der Waals surface area contributed by atoms with Gasteiger partial charge in [-0.2, -0.15) is 0 Å². The van der Waals surface area contributed by atoms with Gasteiger partial charge >= 0.3 is 5.97 Å². The van der Waals surface area contributed by atoms with Crippen LogP contribution < -0.4 is 5.32 Å². The van der Waals surface area contributed by atoms with Crippen molar-refractivity contribution < 1.29 is 14.3 Å². The standard InChI is InChI=1S/C23H25ClN4O3S/c1-3-31-21(29)13-20-26-27-23(28(20)15-17-9-5-4-6-10-17)32-16(2)22(30)25-14-18-11-7-8-12-19(18)24/h4-12,16H,3,13-15H2,1-2H3,(H,25,30)/t16-/m0/s1. The summed E-state index contributed by atoms with van der Waals surface area (Å²) < 4.78 is 6.92. The summed E-state index contributed by atoms with van der Waals surface area (Å²) in [6, 6.07) is 17.2. The number of hydrogen-bond acceptors (Lipinski definition) is 6. The number of halogens is 1. The quantitative estimate of drug-likeness (QED) is 0.356. The number of amides is 1. The number of thioether (sulfide) groups is 1. The van der Waals surface area contributed by atoms with Gasteiger partial charge in [0, 0.05) is 11.6 Å². The smallest absolute Gasteiger partial charge is 0.313 e. The van der Waals surface area contributed by atoms with Crippen LogP contribution in [0.15, 0.2) is 59.8 Å². The second kappa shape index (κ2) is 11.7. The van der Waals surface area contributed by atoms with Crippen LogP contribution in [0.1, 0.15) is 30.8 Å². The van der Waals surface area contributed by atoms with Gasteiger partial charge in [0.05, 0.1) is 18.4 Å². The number of carbonyl (C=O) groups is 2. The van der Waals surface area contributed by atoms with Crippen LogP contribution in [0.4, 0.5) is 0 Å². The van der Waals surface area contributed by atoms with Crippen molar-refractivity contribution in [2.24, 2.45) is 0 Å². The average Bonchev–Trinajstić information content (AvgIpc) is 3.14. The minimum absolute atomic E-state index is 0.0152. The van der Waals surface area contributed by atoms with Crippen molar-refractivity contribution >= 4 is 35.2 Å². The van der Waals surface area contributed by atoms with Crippen molar-refractivity contribution in [1.29, 1.82) is 0 Å². The molecule has 1 atom stereocenters. The van der Waals surface area contributed by atoms with Crippen LogP contribution in [0.25, 0.3) is 0 Å². The minimum Gasteiger partial charge on any atom is -0.466 e. The molecule has 0 radical (unpaired) electrons. The summed E-state index contributed by atoms with van der Waals surface area (Å²) in [7, 11) is 0. The SMILES string of the molecule is CCOC(=O)Cc1nnc(S[C@@H](C)C(=O)NCc2ccccc2Cl)n1Cc1ccccc1. The van der Waals surface area contributed by atoms with E-state index in [4.69, 9.17) is 16.3 Å². The van der Waals surface area contributed by atoms with Crippen molar-refractivity contribution in [3.8, 4) is 0 Å². The van der Waals surface area contributed by atoms with Gasteiger partial charge in [-0.05, 0) is 31.0 Å². The molecule has 0 bridgehead atoms. The average molecular weight is 473 g/mol. The molecule has 0 fully saturated rings. The first-order valence-corrected chi connectivity index (χ1v) is 11.5. The number of nitrogens with one attached hydrogen (secondary N) is 1. The third-order valence-corrected chi connectivity index (χ3v) is 6.10. The predicted octanol–water partition coefficient (Wildman–Crippen LogP) is 3.88. The van der Waals surface area contributed by atoms with Gasteiger partial charge in [-0.3, -0.25) is 9.59 Å². The number of nitrogens with zero attached hydrogens (tertiary/aromatic N) is 3. The number of aromatic nitrogens is 3. The lowest BCUT2D eigenvalue weighted by Gasteiger charge is -2.14. The number of hydrogen-bond donors (Lipinski definition) is 1. The van der Waals surface area contributed by atoms with Gasteiger partial charge in [0.25, 0.3) is 0 Å². The molecule has 7 nitrogen and oxygen atoms in total. The van der Waals surface area contributed by atoms with E-state index in [-0.39, 0.29) is 18.3 Å². The molecular formula is C23H25ClN4O3S. The third-order valence-electron chi connectivity index (χ3n) is 4.65. The van der Waals surface area contributed by atoms with E-state index in [1.807, 2.05) is 53.1 Å². The first-order chi connectivity index (χ1) is 15.5. The molecule has 168 valence electrons. The zero-order valence-corrected chi connectivity index (χ0v) is 19.5. The van der Waals surface area contributed by atoms with E-state index in [0.717, 1.165) is 11.1 Å². The molecule has 2 aromatic carbocycles. The second-order valence-corrected chi connectivity index (χ2v) is 8.74. The molecule has 1 amide bonds. The lowest BCUT2D eigenvalue weighted by atomic mass is 10.2. The fourth-order valence-electron chi connectivity index (χ4n) is 2.98. The van der Waals surface area contributed by atoms with Crippen LogP contribution in [0, 0.1) is 0 Å². The molecule has 1 N–H and O–H groups in total. The minimum atomic E-state index is -0.424. The molecule has 32 heavy (non-hydrogen) atoms. The number of benzene rings is 2. The number of carbonyl (C=O) groups excluding carboxylic acids is 2. The molecule has 0 aliphatic carbocycles. The van der Waals surface area contributed by atoms with E-state index in [2.05, 4.69) is 15.5 Å². The number of esters is 1. The molecule has 0 aliphatic heterocycles. The highest BCUT2D eigenvalue weighted by atomic mass is 35.5. The zero-order valence-electron chi connectivity index (χ0n) is 18.0. The monoisotopic (exact) mass is 472 g/mol. The van der Waals surface area contributed by atoms with Crippen molar-refractivity contribution in [2.75, 3.05) is 6.61 Å². The van der Waals surface area contributed by atoms with Gasteiger partial charge in [0.1, 0.15) is 12.2 Å². The van der Waals surface area contributed by atoms with E-state index in [9.17, 15) is 9.59 Å². The Labute approximate surface area is 196 Å². The van der Waals surface area contributed by atoms with Crippen LogP contribution >= 0.6 is 23.4 Å². The van der Waals surface area contributed by atoms with Crippen LogP contribution in [0.2, 0.25) is 5.02 Å². The lowest BCUT2D eigenvalue weighted by molar-refractivity contribution is -0.142. The fourth-order valence-corrected chi connectivity index (χ4v) is 4.08. The maximum Gasteiger partial charge on any atom is 0.313 e. The molecular weight excluding hydrogens is 448 g/mol. The van der Waals surface area contributed by atoms with Gasteiger partial charge < -0.3 is 14.6 Å².